The molecule has 0 fully saturated rings. The van der Waals surface area contributed by atoms with E-state index in [1.54, 1.807) is 0 Å². The van der Waals surface area contributed by atoms with Gasteiger partial charge in [-0.15, -0.1) is 0 Å². The van der Waals surface area contributed by atoms with Crippen LogP contribution in [0.5, 0.6) is 0 Å². The molecule has 346 valence electrons. The molecule has 0 saturated heterocycles. The lowest BCUT2D eigenvalue weighted by atomic mass is 10.0. The predicted molar refractivity (Wildman–Crippen MR) is 250 cm³/mol. The molecule has 2 atom stereocenters. The molecule has 0 rings (SSSR count). The Kier molecular flexibility index (Phi) is 47.6. The van der Waals surface area contributed by atoms with Crippen molar-refractivity contribution < 1.29 is 24.5 Å². The topological polar surface area (TPSA) is 95.9 Å². The number of hydrogen-bond acceptors (Lipinski definition) is 5. The van der Waals surface area contributed by atoms with Crippen molar-refractivity contribution in [2.45, 2.75) is 309 Å². The number of aliphatic hydroxyl groups is 2. The monoisotopic (exact) mass is 822 g/mol. The fourth-order valence-electron chi connectivity index (χ4n) is 8.35. The number of esters is 1. The summed E-state index contributed by atoms with van der Waals surface area (Å²) in [7, 11) is 0. The number of amides is 1. The molecule has 0 radical (unpaired) electrons. The molecule has 0 heterocycles. The Bertz CT molecular complexity index is 822. The van der Waals surface area contributed by atoms with Gasteiger partial charge in [0.25, 0.3) is 0 Å². The normalized spacial score (nSPS) is 12.6. The summed E-state index contributed by atoms with van der Waals surface area (Å²) in [5.74, 6) is -0.0392. The summed E-state index contributed by atoms with van der Waals surface area (Å²) in [5, 5.41) is 23.1. The molecular weight excluding hydrogens is 719 g/mol. The molecule has 0 aromatic rings. The zero-order chi connectivity index (χ0) is 42.3. The summed E-state index contributed by atoms with van der Waals surface area (Å²) in [6, 6.07) is -0.545. The first-order chi connectivity index (χ1) is 28.5. The molecular formula is C52H103NO5. The Labute approximate surface area is 362 Å². The summed E-state index contributed by atoms with van der Waals surface area (Å²) >= 11 is 0. The lowest BCUT2D eigenvalue weighted by Gasteiger charge is -2.22. The maximum Gasteiger partial charge on any atom is 0.305 e. The molecule has 0 aliphatic rings. The molecule has 2 unspecified atom stereocenters. The molecule has 0 bridgehead atoms. The van der Waals surface area contributed by atoms with Crippen LogP contribution < -0.4 is 5.32 Å². The third kappa shape index (κ3) is 44.4. The molecule has 58 heavy (non-hydrogen) atoms. The van der Waals surface area contributed by atoms with Gasteiger partial charge in [0.05, 0.1) is 25.4 Å². The zero-order valence-corrected chi connectivity index (χ0v) is 39.3. The van der Waals surface area contributed by atoms with Crippen LogP contribution in [0.1, 0.15) is 296 Å². The third-order valence-corrected chi connectivity index (χ3v) is 12.4. The lowest BCUT2D eigenvalue weighted by Crippen LogP contribution is -2.45. The van der Waals surface area contributed by atoms with E-state index in [4.69, 9.17) is 4.74 Å². The van der Waals surface area contributed by atoms with Gasteiger partial charge in [-0.1, -0.05) is 258 Å². The molecule has 0 aromatic heterocycles. The van der Waals surface area contributed by atoms with Crippen molar-refractivity contribution in [3.8, 4) is 0 Å². The molecule has 1 amide bonds. The number of carbonyl (C=O) groups is 2. The van der Waals surface area contributed by atoms with E-state index >= 15 is 0 Å². The molecule has 3 N–H and O–H groups in total. The third-order valence-electron chi connectivity index (χ3n) is 12.4. The lowest BCUT2D eigenvalue weighted by molar-refractivity contribution is -0.143. The Hall–Kier alpha value is -1.14. The number of unbranched alkanes of at least 4 members (excludes halogenated alkanes) is 38. The second-order valence-corrected chi connectivity index (χ2v) is 18.2. The van der Waals surface area contributed by atoms with Gasteiger partial charge in [-0.2, -0.15) is 0 Å². The number of hydrogen-bond donors (Lipinski definition) is 3. The van der Waals surface area contributed by atoms with Crippen LogP contribution in [-0.4, -0.2) is 47.4 Å². The van der Waals surface area contributed by atoms with Gasteiger partial charge < -0.3 is 20.3 Å². The first-order valence-electron chi connectivity index (χ1n) is 26.3. The molecule has 0 aromatic carbocycles. The minimum absolute atomic E-state index is 0.00396. The molecule has 6 nitrogen and oxygen atoms in total. The Morgan fingerprint density at radius 2 is 0.707 bits per heavy atom. The number of aliphatic hydroxyl groups excluding tert-OH is 2. The Balaban J connectivity index is 3.39. The minimum Gasteiger partial charge on any atom is -0.466 e. The van der Waals surface area contributed by atoms with Gasteiger partial charge in [-0.05, 0) is 25.7 Å². The fraction of sp³-hybridized carbons (Fsp3) is 0.962. The van der Waals surface area contributed by atoms with E-state index in [1.807, 2.05) is 0 Å². The smallest absolute Gasteiger partial charge is 0.305 e. The number of nitrogens with one attached hydrogen (secondary N) is 1. The fourth-order valence-corrected chi connectivity index (χ4v) is 8.35. The van der Waals surface area contributed by atoms with E-state index in [9.17, 15) is 19.8 Å². The van der Waals surface area contributed by atoms with Crippen molar-refractivity contribution in [1.29, 1.82) is 0 Å². The minimum atomic E-state index is -0.667. The van der Waals surface area contributed by atoms with Crippen molar-refractivity contribution in [3.63, 3.8) is 0 Å². The number of carbonyl (C=O) groups excluding carboxylic acids is 2. The second-order valence-electron chi connectivity index (χ2n) is 18.2. The summed E-state index contributed by atoms with van der Waals surface area (Å²) < 4.78 is 5.47. The molecule has 0 spiro atoms. The molecule has 0 aliphatic carbocycles. The van der Waals surface area contributed by atoms with E-state index in [0.717, 1.165) is 44.9 Å². The predicted octanol–water partition coefficient (Wildman–Crippen LogP) is 15.6. The molecule has 0 aliphatic heterocycles. The highest BCUT2D eigenvalue weighted by Gasteiger charge is 2.20. The summed E-state index contributed by atoms with van der Waals surface area (Å²) in [6.07, 6.45) is 53.6. The van der Waals surface area contributed by atoms with Gasteiger partial charge in [-0.25, -0.2) is 0 Å². The van der Waals surface area contributed by atoms with Gasteiger partial charge in [-0.3, -0.25) is 9.59 Å². The second kappa shape index (κ2) is 48.5. The van der Waals surface area contributed by atoms with Crippen molar-refractivity contribution in [2.75, 3.05) is 13.2 Å². The van der Waals surface area contributed by atoms with E-state index in [1.165, 1.54) is 218 Å². The van der Waals surface area contributed by atoms with E-state index < -0.39 is 12.1 Å². The van der Waals surface area contributed by atoms with Crippen LogP contribution in [0.4, 0.5) is 0 Å². The van der Waals surface area contributed by atoms with Gasteiger partial charge in [0.2, 0.25) is 5.91 Å². The van der Waals surface area contributed by atoms with Crippen molar-refractivity contribution in [2.24, 2.45) is 0 Å². The van der Waals surface area contributed by atoms with Crippen molar-refractivity contribution in [3.05, 3.63) is 0 Å². The van der Waals surface area contributed by atoms with Gasteiger partial charge in [0.1, 0.15) is 0 Å². The van der Waals surface area contributed by atoms with Crippen LogP contribution in [-0.2, 0) is 14.3 Å². The van der Waals surface area contributed by atoms with Crippen molar-refractivity contribution in [1.82, 2.24) is 5.32 Å². The van der Waals surface area contributed by atoms with Crippen LogP contribution in [0.15, 0.2) is 0 Å². The zero-order valence-electron chi connectivity index (χ0n) is 39.3. The summed E-state index contributed by atoms with van der Waals surface area (Å²) in [4.78, 5) is 24.4. The largest absolute Gasteiger partial charge is 0.466 e. The molecule has 6 heteroatoms. The first kappa shape index (κ1) is 56.9. The average molecular weight is 822 g/mol. The van der Waals surface area contributed by atoms with Crippen LogP contribution >= 0.6 is 0 Å². The quantitative estimate of drug-likeness (QED) is 0.0420. The Morgan fingerprint density at radius 3 is 1.05 bits per heavy atom. The van der Waals surface area contributed by atoms with Gasteiger partial charge >= 0.3 is 5.97 Å². The van der Waals surface area contributed by atoms with Gasteiger partial charge in [0.15, 0.2) is 0 Å². The van der Waals surface area contributed by atoms with Gasteiger partial charge in [0, 0.05) is 12.8 Å². The maximum absolute atomic E-state index is 12.4. The van der Waals surface area contributed by atoms with E-state index in [2.05, 4.69) is 19.2 Å². The SMILES string of the molecule is CCCCCCCCCCCCCCCCCC(=O)OCCCCCCCCCCCCCCCCCC(=O)NC(CO)C(O)CCCCCCCCCCCCC. The standard InChI is InChI=1S/C52H103NO5/c1-3-5-7-9-11-13-15-16-18-22-26-30-34-38-42-46-52(57)58-47-43-39-35-31-27-23-20-17-19-21-25-29-33-37-41-45-51(56)53-49(48-54)50(55)44-40-36-32-28-24-14-12-10-8-6-4-2/h49-50,54-55H,3-48H2,1-2H3,(H,53,56). The Morgan fingerprint density at radius 1 is 0.414 bits per heavy atom. The highest BCUT2D eigenvalue weighted by atomic mass is 16.5. The van der Waals surface area contributed by atoms with Crippen LogP contribution in [0.2, 0.25) is 0 Å². The summed E-state index contributed by atoms with van der Waals surface area (Å²) in [6.45, 7) is 4.94. The first-order valence-corrected chi connectivity index (χ1v) is 26.3. The van der Waals surface area contributed by atoms with E-state index in [0.29, 0.717) is 25.9 Å². The van der Waals surface area contributed by atoms with Crippen LogP contribution in [0.25, 0.3) is 0 Å². The van der Waals surface area contributed by atoms with Crippen LogP contribution in [0.3, 0.4) is 0 Å². The highest BCUT2D eigenvalue weighted by molar-refractivity contribution is 5.76. The average Bonchev–Trinajstić information content (AvgIpc) is 3.22. The molecule has 0 saturated carbocycles. The highest BCUT2D eigenvalue weighted by Crippen LogP contribution is 2.17. The summed E-state index contributed by atoms with van der Waals surface area (Å²) in [5.41, 5.74) is 0. The number of rotatable bonds is 49. The van der Waals surface area contributed by atoms with Crippen molar-refractivity contribution >= 4 is 11.9 Å². The number of ether oxygens (including phenoxy) is 1. The maximum atomic E-state index is 12.4. The van der Waals surface area contributed by atoms with E-state index in [-0.39, 0.29) is 18.5 Å². The van der Waals surface area contributed by atoms with Crippen LogP contribution in [0, 0.1) is 0 Å².